The van der Waals surface area contributed by atoms with E-state index >= 15 is 0 Å². The van der Waals surface area contributed by atoms with Crippen molar-refractivity contribution in [3.63, 3.8) is 0 Å². The number of ether oxygens (including phenoxy) is 1. The maximum absolute atomic E-state index is 12.2. The zero-order chi connectivity index (χ0) is 19.0. The van der Waals surface area contributed by atoms with Crippen LogP contribution < -0.4 is 5.32 Å². The quantitative estimate of drug-likeness (QED) is 0.812. The van der Waals surface area contributed by atoms with E-state index in [1.165, 1.54) is 4.90 Å². The fourth-order valence-electron chi connectivity index (χ4n) is 2.35. The summed E-state index contributed by atoms with van der Waals surface area (Å²) in [5.41, 5.74) is -1.21. The van der Waals surface area contributed by atoms with Crippen LogP contribution in [0.25, 0.3) is 0 Å². The van der Waals surface area contributed by atoms with Gasteiger partial charge in [-0.05, 0) is 33.6 Å². The summed E-state index contributed by atoms with van der Waals surface area (Å²) in [5, 5.41) is 11.9. The molecular formula is C16H31F3N2O3. The fourth-order valence-corrected chi connectivity index (χ4v) is 2.35. The van der Waals surface area contributed by atoms with Gasteiger partial charge in [0.05, 0.1) is 13.2 Å². The molecule has 8 heteroatoms. The highest BCUT2D eigenvalue weighted by Crippen LogP contribution is 2.31. The first-order valence-electron chi connectivity index (χ1n) is 8.33. The van der Waals surface area contributed by atoms with E-state index in [-0.39, 0.29) is 13.2 Å². The van der Waals surface area contributed by atoms with Crippen LogP contribution in [0.15, 0.2) is 0 Å². The molecule has 0 spiro atoms. The third-order valence-corrected chi connectivity index (χ3v) is 3.64. The van der Waals surface area contributed by atoms with Gasteiger partial charge in [-0.2, -0.15) is 13.2 Å². The second-order valence-electron chi connectivity index (χ2n) is 6.84. The average Bonchev–Trinajstić information content (AvgIpc) is 2.47. The minimum atomic E-state index is -4.27. The molecule has 0 aromatic rings. The highest BCUT2D eigenvalue weighted by molar-refractivity contribution is 5.68. The van der Waals surface area contributed by atoms with E-state index in [0.717, 1.165) is 0 Å². The summed E-state index contributed by atoms with van der Waals surface area (Å²) in [6.07, 6.45) is -3.82. The number of hydrogen-bond donors (Lipinski definition) is 2. The van der Waals surface area contributed by atoms with Crippen molar-refractivity contribution in [3.05, 3.63) is 0 Å². The van der Waals surface area contributed by atoms with E-state index < -0.39 is 29.8 Å². The Bertz CT molecular complexity index is 374. The number of rotatable bonds is 4. The van der Waals surface area contributed by atoms with E-state index in [4.69, 9.17) is 4.74 Å². The first kappa shape index (κ1) is 23.0. The SMILES string of the molecule is CC.CC(C)(C)OC(=O)N1CCC(CO)(CNCC(F)(F)F)CC1. The Kier molecular flexibility index (Phi) is 9.06. The second-order valence-corrected chi connectivity index (χ2v) is 6.84. The molecule has 1 fully saturated rings. The summed E-state index contributed by atoms with van der Waals surface area (Å²) in [6.45, 7) is 8.83. The molecule has 0 saturated carbocycles. The van der Waals surface area contributed by atoms with Crippen LogP contribution >= 0.6 is 0 Å². The lowest BCUT2D eigenvalue weighted by Crippen LogP contribution is -2.50. The predicted octanol–water partition coefficient (Wildman–Crippen LogP) is 3.17. The Hall–Kier alpha value is -1.02. The molecule has 0 atom stereocenters. The number of halogens is 3. The zero-order valence-electron chi connectivity index (χ0n) is 15.3. The van der Waals surface area contributed by atoms with Gasteiger partial charge in [0.25, 0.3) is 0 Å². The predicted molar refractivity (Wildman–Crippen MR) is 86.8 cm³/mol. The van der Waals surface area contributed by atoms with Gasteiger partial charge >= 0.3 is 12.3 Å². The van der Waals surface area contributed by atoms with Crippen LogP contribution in [0.4, 0.5) is 18.0 Å². The van der Waals surface area contributed by atoms with Gasteiger partial charge in [0.1, 0.15) is 5.60 Å². The average molecular weight is 356 g/mol. The maximum Gasteiger partial charge on any atom is 0.410 e. The molecule has 0 radical (unpaired) electrons. The molecule has 1 aliphatic heterocycles. The monoisotopic (exact) mass is 356 g/mol. The number of carbonyl (C=O) groups is 1. The Morgan fingerprint density at radius 1 is 1.21 bits per heavy atom. The molecule has 24 heavy (non-hydrogen) atoms. The molecule has 0 aromatic heterocycles. The molecule has 0 bridgehead atoms. The van der Waals surface area contributed by atoms with Crippen molar-refractivity contribution in [2.75, 3.05) is 32.8 Å². The van der Waals surface area contributed by atoms with Gasteiger partial charge in [0, 0.05) is 25.0 Å². The zero-order valence-corrected chi connectivity index (χ0v) is 15.3. The molecule has 0 aliphatic carbocycles. The highest BCUT2D eigenvalue weighted by Gasteiger charge is 2.37. The van der Waals surface area contributed by atoms with Gasteiger partial charge in [-0.1, -0.05) is 13.8 Å². The van der Waals surface area contributed by atoms with Crippen molar-refractivity contribution >= 4 is 6.09 Å². The van der Waals surface area contributed by atoms with Gasteiger partial charge in [0.2, 0.25) is 0 Å². The number of carbonyl (C=O) groups excluding carboxylic acids is 1. The number of likely N-dealkylation sites (tertiary alicyclic amines) is 1. The molecule has 1 aliphatic rings. The molecule has 1 saturated heterocycles. The van der Waals surface area contributed by atoms with Gasteiger partial charge in [-0.25, -0.2) is 4.79 Å². The Labute approximate surface area is 142 Å². The minimum absolute atomic E-state index is 0.0746. The van der Waals surface area contributed by atoms with Gasteiger partial charge < -0.3 is 20.1 Å². The Morgan fingerprint density at radius 2 is 1.71 bits per heavy atom. The van der Waals surface area contributed by atoms with E-state index in [2.05, 4.69) is 5.32 Å². The van der Waals surface area contributed by atoms with Crippen molar-refractivity contribution in [1.29, 1.82) is 0 Å². The number of nitrogens with zero attached hydrogens (tertiary/aromatic N) is 1. The van der Waals surface area contributed by atoms with E-state index in [9.17, 15) is 23.1 Å². The number of aliphatic hydroxyl groups is 1. The first-order valence-corrected chi connectivity index (χ1v) is 8.33. The van der Waals surface area contributed by atoms with Crippen LogP contribution in [0.3, 0.4) is 0 Å². The molecule has 1 heterocycles. The summed E-state index contributed by atoms with van der Waals surface area (Å²) in [7, 11) is 0. The Balaban J connectivity index is 0.00000254. The van der Waals surface area contributed by atoms with E-state index in [1.54, 1.807) is 20.8 Å². The van der Waals surface area contributed by atoms with Crippen molar-refractivity contribution in [2.45, 2.75) is 59.2 Å². The number of piperidine rings is 1. The third kappa shape index (κ3) is 8.73. The normalized spacial score (nSPS) is 17.8. The second kappa shape index (κ2) is 9.46. The standard InChI is InChI=1S/C14H25F3N2O3.C2H6/c1-12(2,3)22-11(21)19-6-4-13(10-20,5-7-19)8-18-9-14(15,16)17;1-2/h18,20H,4-10H2,1-3H3;1-2H3. The van der Waals surface area contributed by atoms with Crippen LogP contribution in [0.1, 0.15) is 47.5 Å². The smallest absolute Gasteiger partial charge is 0.410 e. The van der Waals surface area contributed by atoms with Crippen LogP contribution in [0.5, 0.6) is 0 Å². The number of nitrogens with one attached hydrogen (secondary N) is 1. The van der Waals surface area contributed by atoms with E-state index in [1.807, 2.05) is 13.8 Å². The van der Waals surface area contributed by atoms with Crippen LogP contribution in [-0.4, -0.2) is 60.7 Å². The lowest BCUT2D eigenvalue weighted by molar-refractivity contribution is -0.126. The molecule has 1 rings (SSSR count). The van der Waals surface area contributed by atoms with Gasteiger partial charge in [-0.15, -0.1) is 0 Å². The minimum Gasteiger partial charge on any atom is -0.444 e. The van der Waals surface area contributed by atoms with Crippen LogP contribution in [0, 0.1) is 5.41 Å². The third-order valence-electron chi connectivity index (χ3n) is 3.64. The molecular weight excluding hydrogens is 325 g/mol. The number of amides is 1. The summed E-state index contributed by atoms with van der Waals surface area (Å²) < 4.78 is 41.8. The fraction of sp³-hybridized carbons (Fsp3) is 0.938. The molecule has 0 aromatic carbocycles. The summed E-state index contributed by atoms with van der Waals surface area (Å²) >= 11 is 0. The highest BCUT2D eigenvalue weighted by atomic mass is 19.4. The summed E-state index contributed by atoms with van der Waals surface area (Å²) in [4.78, 5) is 13.5. The number of aliphatic hydroxyl groups excluding tert-OH is 1. The largest absolute Gasteiger partial charge is 0.444 e. The Morgan fingerprint density at radius 3 is 2.08 bits per heavy atom. The number of hydrogen-bond acceptors (Lipinski definition) is 4. The molecule has 0 unspecified atom stereocenters. The van der Waals surface area contributed by atoms with Crippen molar-refractivity contribution in [2.24, 2.45) is 5.41 Å². The van der Waals surface area contributed by atoms with Crippen molar-refractivity contribution in [3.8, 4) is 0 Å². The molecule has 1 amide bonds. The van der Waals surface area contributed by atoms with Crippen molar-refractivity contribution in [1.82, 2.24) is 10.2 Å². The topological polar surface area (TPSA) is 61.8 Å². The van der Waals surface area contributed by atoms with Crippen molar-refractivity contribution < 1.29 is 27.8 Å². The first-order chi connectivity index (χ1) is 11.0. The molecule has 5 nitrogen and oxygen atoms in total. The summed E-state index contributed by atoms with van der Waals surface area (Å²) in [5.74, 6) is 0. The van der Waals surface area contributed by atoms with Gasteiger partial charge in [0.15, 0.2) is 0 Å². The van der Waals surface area contributed by atoms with Gasteiger partial charge in [-0.3, -0.25) is 0 Å². The van der Waals surface area contributed by atoms with Crippen LogP contribution in [0.2, 0.25) is 0 Å². The maximum atomic E-state index is 12.2. The van der Waals surface area contributed by atoms with Crippen LogP contribution in [-0.2, 0) is 4.74 Å². The lowest BCUT2D eigenvalue weighted by atomic mass is 9.79. The molecule has 144 valence electrons. The molecule has 2 N–H and O–H groups in total. The van der Waals surface area contributed by atoms with E-state index in [0.29, 0.717) is 25.9 Å². The number of alkyl halides is 3. The summed E-state index contributed by atoms with van der Waals surface area (Å²) in [6, 6.07) is 0. The lowest BCUT2D eigenvalue weighted by Gasteiger charge is -2.41.